The number of nitrogens with one attached hydrogen (secondary N) is 1. The van der Waals surface area contributed by atoms with Gasteiger partial charge in [0.15, 0.2) is 0 Å². The number of hydrogen-bond donors (Lipinski definition) is 1. The van der Waals surface area contributed by atoms with E-state index < -0.39 is 10.0 Å². The summed E-state index contributed by atoms with van der Waals surface area (Å²) in [6, 6.07) is 4.55. The second-order valence-electron chi connectivity index (χ2n) is 5.61. The first-order chi connectivity index (χ1) is 10.3. The highest BCUT2D eigenvalue weighted by Gasteiger charge is 2.23. The molecule has 1 aromatic rings. The molecule has 5 nitrogen and oxygen atoms in total. The predicted molar refractivity (Wildman–Crippen MR) is 90.2 cm³/mol. The van der Waals surface area contributed by atoms with Crippen LogP contribution in [0.15, 0.2) is 23.1 Å². The first-order valence-electron chi connectivity index (χ1n) is 7.17. The molecule has 1 heterocycles. The van der Waals surface area contributed by atoms with Gasteiger partial charge in [-0.05, 0) is 32.2 Å². The lowest BCUT2D eigenvalue weighted by molar-refractivity contribution is 0.120. The van der Waals surface area contributed by atoms with E-state index in [1.165, 1.54) is 12.1 Å². The molecule has 8 heteroatoms. The first-order valence-corrected chi connectivity index (χ1v) is 9.41. The summed E-state index contributed by atoms with van der Waals surface area (Å²) in [5, 5.41) is 0.515. The van der Waals surface area contributed by atoms with Crippen LogP contribution in [0, 0.1) is 0 Å². The van der Waals surface area contributed by atoms with Gasteiger partial charge in [-0.25, -0.2) is 13.1 Å². The predicted octanol–water partition coefficient (Wildman–Crippen LogP) is 1.91. The van der Waals surface area contributed by atoms with Crippen molar-refractivity contribution < 1.29 is 8.42 Å². The largest absolute Gasteiger partial charge is 0.304 e. The summed E-state index contributed by atoms with van der Waals surface area (Å²) in [4.78, 5) is 4.56. The Bertz CT molecular complexity index is 617. The van der Waals surface area contributed by atoms with E-state index in [2.05, 4.69) is 21.6 Å². The zero-order chi connectivity index (χ0) is 16.3. The molecule has 1 atom stereocenters. The fraction of sp³-hybridized carbons (Fsp3) is 0.571. The maximum Gasteiger partial charge on any atom is 0.242 e. The molecule has 0 bridgehead atoms. The Labute approximate surface area is 142 Å². The second kappa shape index (κ2) is 7.47. The van der Waals surface area contributed by atoms with Crippen molar-refractivity contribution in [2.45, 2.75) is 17.9 Å². The zero-order valence-corrected chi connectivity index (χ0v) is 15.0. The van der Waals surface area contributed by atoms with Crippen LogP contribution in [0.1, 0.15) is 6.92 Å². The van der Waals surface area contributed by atoms with Crippen LogP contribution >= 0.6 is 23.2 Å². The maximum atomic E-state index is 12.4. The quantitative estimate of drug-likeness (QED) is 0.865. The molecule has 1 aliphatic heterocycles. The summed E-state index contributed by atoms with van der Waals surface area (Å²) < 4.78 is 27.4. The fourth-order valence-corrected chi connectivity index (χ4v) is 4.27. The molecule has 1 N–H and O–H groups in total. The van der Waals surface area contributed by atoms with Crippen LogP contribution in [0.25, 0.3) is 0 Å². The van der Waals surface area contributed by atoms with Gasteiger partial charge in [-0.1, -0.05) is 23.2 Å². The molecule has 0 aliphatic carbocycles. The van der Waals surface area contributed by atoms with Crippen LogP contribution in [0.2, 0.25) is 10.0 Å². The third-order valence-electron chi connectivity index (χ3n) is 3.91. The molecule has 22 heavy (non-hydrogen) atoms. The van der Waals surface area contributed by atoms with Gasteiger partial charge in [0, 0.05) is 43.8 Å². The summed E-state index contributed by atoms with van der Waals surface area (Å²) in [5.41, 5.74) is 0. The number of sulfonamides is 1. The summed E-state index contributed by atoms with van der Waals surface area (Å²) in [6.45, 7) is 6.24. The Morgan fingerprint density at radius 2 is 1.86 bits per heavy atom. The molecule has 0 spiro atoms. The second-order valence-corrected chi connectivity index (χ2v) is 8.19. The van der Waals surface area contributed by atoms with Crippen LogP contribution in [0.4, 0.5) is 0 Å². The zero-order valence-electron chi connectivity index (χ0n) is 12.7. The summed E-state index contributed by atoms with van der Waals surface area (Å²) >= 11 is 11.8. The summed E-state index contributed by atoms with van der Waals surface area (Å²) in [7, 11) is -1.57. The Balaban J connectivity index is 1.99. The Hall–Kier alpha value is -0.370. The molecule has 124 valence electrons. The van der Waals surface area contributed by atoms with E-state index in [1.54, 1.807) is 6.07 Å². The highest BCUT2D eigenvalue weighted by molar-refractivity contribution is 7.89. The minimum absolute atomic E-state index is 0.0206. The van der Waals surface area contributed by atoms with E-state index in [0.717, 1.165) is 26.2 Å². The number of rotatable bonds is 5. The average Bonchev–Trinajstić information content (AvgIpc) is 2.48. The van der Waals surface area contributed by atoms with Gasteiger partial charge in [-0.3, -0.25) is 4.90 Å². The number of benzene rings is 1. The van der Waals surface area contributed by atoms with E-state index >= 15 is 0 Å². The molecule has 1 unspecified atom stereocenters. The molecule has 0 radical (unpaired) electrons. The van der Waals surface area contributed by atoms with Gasteiger partial charge in [-0.2, -0.15) is 0 Å². The molecular weight excluding hydrogens is 345 g/mol. The van der Waals surface area contributed by atoms with Crippen LogP contribution in [0.3, 0.4) is 0 Å². The van der Waals surface area contributed by atoms with E-state index in [1.807, 2.05) is 6.92 Å². The fourth-order valence-electron chi connectivity index (χ4n) is 2.38. The lowest BCUT2D eigenvalue weighted by Gasteiger charge is -2.36. The van der Waals surface area contributed by atoms with Crippen molar-refractivity contribution in [1.82, 2.24) is 14.5 Å². The van der Waals surface area contributed by atoms with Crippen molar-refractivity contribution in [2.75, 3.05) is 39.8 Å². The molecule has 0 amide bonds. The Kier molecular flexibility index (Phi) is 6.10. The third kappa shape index (κ3) is 4.57. The van der Waals surface area contributed by atoms with Gasteiger partial charge in [0.2, 0.25) is 10.0 Å². The molecule has 2 rings (SSSR count). The highest BCUT2D eigenvalue weighted by Crippen LogP contribution is 2.24. The van der Waals surface area contributed by atoms with Gasteiger partial charge in [-0.15, -0.1) is 0 Å². The summed E-state index contributed by atoms with van der Waals surface area (Å²) in [6.07, 6.45) is 0. The average molecular weight is 366 g/mol. The van der Waals surface area contributed by atoms with Crippen molar-refractivity contribution >= 4 is 33.2 Å². The van der Waals surface area contributed by atoms with Crippen molar-refractivity contribution in [3.8, 4) is 0 Å². The van der Waals surface area contributed by atoms with Gasteiger partial charge in [0.05, 0.1) is 5.02 Å². The topological polar surface area (TPSA) is 52.7 Å². The Morgan fingerprint density at radius 1 is 1.23 bits per heavy atom. The standard InChI is InChI=1S/C14H21Cl2N3O2S/c1-11(19-7-5-18(2)6-8-19)10-17-22(20,21)14-9-12(15)3-4-13(14)16/h3-4,9,11,17H,5-8,10H2,1-2H3. The van der Waals surface area contributed by atoms with E-state index in [9.17, 15) is 8.42 Å². The minimum Gasteiger partial charge on any atom is -0.304 e. The van der Waals surface area contributed by atoms with Crippen LogP contribution in [-0.4, -0.2) is 64.0 Å². The Morgan fingerprint density at radius 3 is 2.50 bits per heavy atom. The number of halogens is 2. The van der Waals surface area contributed by atoms with Crippen LogP contribution in [0.5, 0.6) is 0 Å². The van der Waals surface area contributed by atoms with E-state index in [4.69, 9.17) is 23.2 Å². The monoisotopic (exact) mass is 365 g/mol. The molecular formula is C14H21Cl2N3O2S. The minimum atomic E-state index is -3.66. The SMILES string of the molecule is CC(CNS(=O)(=O)c1cc(Cl)ccc1Cl)N1CCN(C)CC1. The number of piperazine rings is 1. The van der Waals surface area contributed by atoms with Gasteiger partial charge in [0.1, 0.15) is 4.90 Å². The molecule has 0 aromatic heterocycles. The number of hydrogen-bond acceptors (Lipinski definition) is 4. The van der Waals surface area contributed by atoms with E-state index in [0.29, 0.717) is 11.6 Å². The third-order valence-corrected chi connectivity index (χ3v) is 6.05. The van der Waals surface area contributed by atoms with Gasteiger partial charge in [0.25, 0.3) is 0 Å². The molecule has 1 saturated heterocycles. The lowest BCUT2D eigenvalue weighted by Crippen LogP contribution is -2.51. The number of likely N-dealkylation sites (N-methyl/N-ethyl adjacent to an activating group) is 1. The molecule has 0 saturated carbocycles. The van der Waals surface area contributed by atoms with Crippen molar-refractivity contribution in [3.63, 3.8) is 0 Å². The molecule has 1 aromatic carbocycles. The molecule has 1 aliphatic rings. The first kappa shape index (κ1) is 18.0. The van der Waals surface area contributed by atoms with Crippen LogP contribution in [-0.2, 0) is 10.0 Å². The lowest BCUT2D eigenvalue weighted by atomic mass is 10.2. The maximum absolute atomic E-state index is 12.4. The van der Waals surface area contributed by atoms with Crippen molar-refractivity contribution in [1.29, 1.82) is 0 Å². The smallest absolute Gasteiger partial charge is 0.242 e. The normalized spacial score (nSPS) is 19.3. The number of nitrogens with zero attached hydrogens (tertiary/aromatic N) is 2. The van der Waals surface area contributed by atoms with Crippen molar-refractivity contribution in [3.05, 3.63) is 28.2 Å². The van der Waals surface area contributed by atoms with Gasteiger partial charge >= 0.3 is 0 Å². The molecule has 1 fully saturated rings. The highest BCUT2D eigenvalue weighted by atomic mass is 35.5. The summed E-state index contributed by atoms with van der Waals surface area (Å²) in [5.74, 6) is 0. The van der Waals surface area contributed by atoms with E-state index in [-0.39, 0.29) is 16.0 Å². The van der Waals surface area contributed by atoms with Gasteiger partial charge < -0.3 is 4.90 Å². The van der Waals surface area contributed by atoms with Crippen molar-refractivity contribution in [2.24, 2.45) is 0 Å². The van der Waals surface area contributed by atoms with Crippen LogP contribution < -0.4 is 4.72 Å².